The van der Waals surface area contributed by atoms with Crippen LogP contribution in [0.25, 0.3) is 0 Å². The molecule has 0 amide bonds. The maximum Gasteiger partial charge on any atom is 0.191 e. The molecule has 116 valence electrons. The van der Waals surface area contributed by atoms with Crippen molar-refractivity contribution >= 4 is 5.96 Å². The number of unbranched alkanes of at least 4 members (excludes halogenated alkanes) is 1. The van der Waals surface area contributed by atoms with E-state index in [1.165, 1.54) is 38.9 Å². The average Bonchev–Trinajstić information content (AvgIpc) is 2.46. The number of hydrogen-bond donors (Lipinski definition) is 2. The number of likely N-dealkylation sites (tertiary alicyclic amines) is 1. The molecule has 0 radical (unpaired) electrons. The Morgan fingerprint density at radius 2 is 2.05 bits per heavy atom. The number of guanidine groups is 1. The van der Waals surface area contributed by atoms with Gasteiger partial charge in [0.15, 0.2) is 5.96 Å². The number of nitrogens with zero attached hydrogens (tertiary/aromatic N) is 2. The third kappa shape index (κ3) is 7.53. The molecule has 1 fully saturated rings. The summed E-state index contributed by atoms with van der Waals surface area (Å²) in [5.74, 6) is 1.83. The lowest BCUT2D eigenvalue weighted by Crippen LogP contribution is -2.37. The molecular weight excluding hydrogens is 248 g/mol. The highest BCUT2D eigenvalue weighted by atomic mass is 15.2. The van der Waals surface area contributed by atoms with E-state index in [-0.39, 0.29) is 0 Å². The third-order valence-corrected chi connectivity index (χ3v) is 3.79. The molecule has 0 aromatic rings. The van der Waals surface area contributed by atoms with Crippen molar-refractivity contribution in [3.63, 3.8) is 0 Å². The molecule has 0 aromatic heterocycles. The van der Waals surface area contributed by atoms with Gasteiger partial charge in [-0.2, -0.15) is 0 Å². The second kappa shape index (κ2) is 10.7. The van der Waals surface area contributed by atoms with Gasteiger partial charge in [-0.3, -0.25) is 4.99 Å². The maximum atomic E-state index is 4.57. The topological polar surface area (TPSA) is 39.7 Å². The lowest BCUT2D eigenvalue weighted by molar-refractivity contribution is 0.190. The SMILES string of the molecule is C=CCNC(=NCCCCN1CCC(C)CC1)NCC. The van der Waals surface area contributed by atoms with E-state index in [0.29, 0.717) is 0 Å². The molecule has 1 rings (SSSR count). The van der Waals surface area contributed by atoms with Crippen molar-refractivity contribution in [2.45, 2.75) is 39.5 Å². The molecule has 0 spiro atoms. The van der Waals surface area contributed by atoms with Crippen LogP contribution in [0.5, 0.6) is 0 Å². The number of rotatable bonds is 8. The highest BCUT2D eigenvalue weighted by Gasteiger charge is 2.14. The summed E-state index contributed by atoms with van der Waals surface area (Å²) in [4.78, 5) is 7.18. The van der Waals surface area contributed by atoms with Crippen molar-refractivity contribution in [2.24, 2.45) is 10.9 Å². The van der Waals surface area contributed by atoms with Crippen LogP contribution in [-0.4, -0.2) is 50.1 Å². The maximum absolute atomic E-state index is 4.57. The van der Waals surface area contributed by atoms with E-state index in [4.69, 9.17) is 0 Å². The molecule has 1 saturated heterocycles. The quantitative estimate of drug-likeness (QED) is 0.310. The Kier molecular flexibility index (Phi) is 9.13. The van der Waals surface area contributed by atoms with E-state index < -0.39 is 0 Å². The monoisotopic (exact) mass is 280 g/mol. The van der Waals surface area contributed by atoms with Crippen LogP contribution in [0.15, 0.2) is 17.6 Å². The molecule has 0 aliphatic carbocycles. The van der Waals surface area contributed by atoms with Gasteiger partial charge in [0.1, 0.15) is 0 Å². The molecule has 1 heterocycles. The van der Waals surface area contributed by atoms with Gasteiger partial charge in [0, 0.05) is 19.6 Å². The minimum Gasteiger partial charge on any atom is -0.357 e. The first kappa shape index (κ1) is 17.0. The first-order valence-electron chi connectivity index (χ1n) is 8.11. The molecule has 4 nitrogen and oxygen atoms in total. The number of piperidine rings is 1. The van der Waals surface area contributed by atoms with Gasteiger partial charge in [-0.1, -0.05) is 13.0 Å². The van der Waals surface area contributed by atoms with Crippen LogP contribution in [0.1, 0.15) is 39.5 Å². The summed E-state index contributed by atoms with van der Waals surface area (Å²) in [5.41, 5.74) is 0. The Bertz CT molecular complexity index is 280. The molecule has 1 aliphatic rings. The number of hydrogen-bond acceptors (Lipinski definition) is 2. The summed E-state index contributed by atoms with van der Waals surface area (Å²) in [6.07, 6.45) is 7.00. The zero-order valence-corrected chi connectivity index (χ0v) is 13.3. The van der Waals surface area contributed by atoms with E-state index in [2.05, 4.69) is 41.0 Å². The molecule has 0 bridgehead atoms. The summed E-state index contributed by atoms with van der Waals surface area (Å²) < 4.78 is 0. The predicted molar refractivity (Wildman–Crippen MR) is 88.3 cm³/mol. The van der Waals surface area contributed by atoms with Gasteiger partial charge in [-0.15, -0.1) is 6.58 Å². The summed E-state index contributed by atoms with van der Waals surface area (Å²) in [5, 5.41) is 6.47. The van der Waals surface area contributed by atoms with Crippen molar-refractivity contribution in [3.8, 4) is 0 Å². The van der Waals surface area contributed by atoms with Crippen LogP contribution < -0.4 is 10.6 Å². The van der Waals surface area contributed by atoms with E-state index in [9.17, 15) is 0 Å². The van der Waals surface area contributed by atoms with Gasteiger partial charge in [0.2, 0.25) is 0 Å². The van der Waals surface area contributed by atoms with Gasteiger partial charge >= 0.3 is 0 Å². The normalized spacial score (nSPS) is 18.0. The van der Waals surface area contributed by atoms with Crippen LogP contribution in [-0.2, 0) is 0 Å². The fourth-order valence-corrected chi connectivity index (χ4v) is 2.43. The Balaban J connectivity index is 2.10. The second-order valence-corrected chi connectivity index (χ2v) is 5.66. The summed E-state index contributed by atoms with van der Waals surface area (Å²) in [7, 11) is 0. The average molecular weight is 280 g/mol. The Morgan fingerprint density at radius 3 is 2.70 bits per heavy atom. The molecule has 0 unspecified atom stereocenters. The lowest BCUT2D eigenvalue weighted by atomic mass is 9.99. The fraction of sp³-hybridized carbons (Fsp3) is 0.812. The van der Waals surface area contributed by atoms with Crippen LogP contribution in [0.3, 0.4) is 0 Å². The summed E-state index contributed by atoms with van der Waals surface area (Å²) in [6.45, 7) is 14.5. The van der Waals surface area contributed by atoms with Crippen molar-refractivity contribution in [1.29, 1.82) is 0 Å². The predicted octanol–water partition coefficient (Wildman–Crippen LogP) is 2.24. The first-order valence-corrected chi connectivity index (χ1v) is 8.11. The van der Waals surface area contributed by atoms with Gasteiger partial charge in [-0.25, -0.2) is 0 Å². The highest BCUT2D eigenvalue weighted by molar-refractivity contribution is 5.79. The van der Waals surface area contributed by atoms with Gasteiger partial charge in [0.25, 0.3) is 0 Å². The van der Waals surface area contributed by atoms with Crippen LogP contribution in [0.4, 0.5) is 0 Å². The first-order chi connectivity index (χ1) is 9.76. The molecular formula is C16H32N4. The molecule has 4 heteroatoms. The molecule has 0 atom stereocenters. The lowest BCUT2D eigenvalue weighted by Gasteiger charge is -2.30. The van der Waals surface area contributed by atoms with Gasteiger partial charge in [0.05, 0.1) is 0 Å². The minimum atomic E-state index is 0.762. The van der Waals surface area contributed by atoms with Crippen molar-refractivity contribution < 1.29 is 0 Å². The molecule has 0 aromatic carbocycles. The van der Waals surface area contributed by atoms with Gasteiger partial charge in [-0.05, 0) is 58.2 Å². The van der Waals surface area contributed by atoms with Crippen LogP contribution in [0, 0.1) is 5.92 Å². The highest BCUT2D eigenvalue weighted by Crippen LogP contribution is 2.16. The van der Waals surface area contributed by atoms with Crippen LogP contribution in [0.2, 0.25) is 0 Å². The number of aliphatic imine (C=N–C) groups is 1. The minimum absolute atomic E-state index is 0.762. The zero-order chi connectivity index (χ0) is 14.6. The van der Waals surface area contributed by atoms with Crippen LogP contribution >= 0.6 is 0 Å². The van der Waals surface area contributed by atoms with E-state index in [1.54, 1.807) is 0 Å². The van der Waals surface area contributed by atoms with E-state index in [1.807, 2.05) is 6.08 Å². The standard InChI is InChI=1S/C16H32N4/c1-4-10-18-16(17-5-2)19-11-6-7-12-20-13-8-15(3)9-14-20/h4,15H,1,5-14H2,2-3H3,(H2,17,18,19). The summed E-state index contributed by atoms with van der Waals surface area (Å²) in [6, 6.07) is 0. The Morgan fingerprint density at radius 1 is 1.30 bits per heavy atom. The molecule has 1 aliphatic heterocycles. The molecule has 0 saturated carbocycles. The van der Waals surface area contributed by atoms with E-state index >= 15 is 0 Å². The van der Waals surface area contributed by atoms with Crippen molar-refractivity contribution in [1.82, 2.24) is 15.5 Å². The Hall–Kier alpha value is -1.03. The van der Waals surface area contributed by atoms with Crippen molar-refractivity contribution in [2.75, 3.05) is 39.3 Å². The largest absolute Gasteiger partial charge is 0.357 e. The summed E-state index contributed by atoms with van der Waals surface area (Å²) >= 11 is 0. The zero-order valence-electron chi connectivity index (χ0n) is 13.3. The second-order valence-electron chi connectivity index (χ2n) is 5.66. The van der Waals surface area contributed by atoms with Gasteiger partial charge < -0.3 is 15.5 Å². The molecule has 20 heavy (non-hydrogen) atoms. The fourth-order valence-electron chi connectivity index (χ4n) is 2.43. The third-order valence-electron chi connectivity index (χ3n) is 3.79. The number of nitrogens with one attached hydrogen (secondary N) is 2. The smallest absolute Gasteiger partial charge is 0.191 e. The molecule has 2 N–H and O–H groups in total. The van der Waals surface area contributed by atoms with Crippen molar-refractivity contribution in [3.05, 3.63) is 12.7 Å². The Labute approximate surface area is 124 Å². The van der Waals surface area contributed by atoms with E-state index in [0.717, 1.165) is 37.9 Å².